The zero-order valence-corrected chi connectivity index (χ0v) is 23.4. The highest BCUT2D eigenvalue weighted by Crippen LogP contribution is 2.23. The number of nitrogens with one attached hydrogen (secondary N) is 2. The van der Waals surface area contributed by atoms with Crippen LogP contribution in [-0.2, 0) is 10.0 Å². The minimum Gasteiger partial charge on any atom is -0.422 e. The first-order valence-corrected chi connectivity index (χ1v) is 14.0. The summed E-state index contributed by atoms with van der Waals surface area (Å²) in [5.74, 6) is -0.752. The van der Waals surface area contributed by atoms with E-state index in [-0.39, 0.29) is 16.2 Å². The molecule has 0 spiro atoms. The van der Waals surface area contributed by atoms with Gasteiger partial charge in [0.2, 0.25) is 0 Å². The van der Waals surface area contributed by atoms with Crippen molar-refractivity contribution in [3.63, 3.8) is 0 Å². The highest BCUT2D eigenvalue weighted by atomic mass is 79.9. The number of hydrogen-bond donors (Lipinski definition) is 2. The molecule has 10 heteroatoms. The molecule has 0 saturated carbocycles. The molecule has 0 aliphatic heterocycles. The molecule has 1 amide bonds. The highest BCUT2D eigenvalue weighted by Gasteiger charge is 2.15. The fourth-order valence-corrected chi connectivity index (χ4v) is 4.93. The number of nitrogens with zero attached hydrogens (tertiary/aromatic N) is 1. The third kappa shape index (κ3) is 7.40. The first-order valence-electron chi connectivity index (χ1n) is 11.7. The van der Waals surface area contributed by atoms with Crippen molar-refractivity contribution in [1.29, 1.82) is 0 Å². The maximum absolute atomic E-state index is 12.6. The molecule has 0 fully saturated rings. The van der Waals surface area contributed by atoms with Crippen molar-refractivity contribution >= 4 is 49.7 Å². The molecule has 4 rings (SSSR count). The molecule has 0 aliphatic rings. The number of amides is 1. The Kier molecular flexibility index (Phi) is 8.58. The third-order valence-corrected chi connectivity index (χ3v) is 7.42. The second-order valence-electron chi connectivity index (χ2n) is 8.64. The van der Waals surface area contributed by atoms with Gasteiger partial charge in [0.05, 0.1) is 16.7 Å². The molecule has 198 valence electrons. The number of hydrazone groups is 1. The number of ether oxygens (including phenoxy) is 1. The van der Waals surface area contributed by atoms with E-state index in [4.69, 9.17) is 4.74 Å². The van der Waals surface area contributed by atoms with Gasteiger partial charge in [0.1, 0.15) is 5.75 Å². The molecule has 4 aromatic carbocycles. The Bertz CT molecular complexity index is 1650. The average molecular weight is 606 g/mol. The van der Waals surface area contributed by atoms with Crippen LogP contribution in [0.3, 0.4) is 0 Å². The molecule has 0 heterocycles. The van der Waals surface area contributed by atoms with E-state index in [2.05, 4.69) is 31.2 Å². The topological polar surface area (TPSA) is 114 Å². The Hall–Kier alpha value is -4.28. The van der Waals surface area contributed by atoms with Gasteiger partial charge in [0.25, 0.3) is 15.9 Å². The van der Waals surface area contributed by atoms with Crippen LogP contribution >= 0.6 is 15.9 Å². The van der Waals surface area contributed by atoms with Crippen LogP contribution in [0.1, 0.15) is 37.4 Å². The molecule has 0 saturated heterocycles. The number of benzene rings is 4. The number of esters is 1. The normalized spacial score (nSPS) is 11.3. The zero-order valence-electron chi connectivity index (χ0n) is 21.0. The van der Waals surface area contributed by atoms with Gasteiger partial charge in [-0.2, -0.15) is 5.10 Å². The van der Waals surface area contributed by atoms with Gasteiger partial charge >= 0.3 is 5.97 Å². The van der Waals surface area contributed by atoms with Crippen LogP contribution in [0, 0.1) is 13.8 Å². The van der Waals surface area contributed by atoms with Crippen molar-refractivity contribution in [2.45, 2.75) is 18.7 Å². The largest absolute Gasteiger partial charge is 0.422 e. The van der Waals surface area contributed by atoms with Crippen molar-refractivity contribution in [3.05, 3.63) is 123 Å². The molecule has 0 atom stereocenters. The molecule has 0 aromatic heterocycles. The second-order valence-corrected chi connectivity index (χ2v) is 11.2. The lowest BCUT2D eigenvalue weighted by atomic mass is 10.1. The van der Waals surface area contributed by atoms with E-state index in [0.29, 0.717) is 16.8 Å². The maximum atomic E-state index is 12.6. The molecule has 8 nitrogen and oxygen atoms in total. The van der Waals surface area contributed by atoms with Gasteiger partial charge < -0.3 is 4.74 Å². The lowest BCUT2D eigenvalue weighted by molar-refractivity contribution is 0.0734. The molecule has 0 unspecified atom stereocenters. The smallest absolute Gasteiger partial charge is 0.343 e. The summed E-state index contributed by atoms with van der Waals surface area (Å²) in [4.78, 5) is 25.3. The van der Waals surface area contributed by atoms with E-state index in [1.54, 1.807) is 48.5 Å². The molecule has 4 aromatic rings. The number of halogens is 1. The summed E-state index contributed by atoms with van der Waals surface area (Å²) in [6.45, 7) is 3.76. The number of sulfonamides is 1. The number of aryl methyl sites for hydroxylation is 2. The minimum absolute atomic E-state index is 0.140. The van der Waals surface area contributed by atoms with Crippen molar-refractivity contribution in [3.8, 4) is 5.75 Å². The van der Waals surface area contributed by atoms with E-state index < -0.39 is 21.9 Å². The van der Waals surface area contributed by atoms with Gasteiger partial charge in [0.15, 0.2) is 0 Å². The molecule has 2 N–H and O–H groups in total. The SMILES string of the molecule is Cc1ccc(S(=O)(=O)Nc2ccc(C(=O)N/N=C/c3cc(Br)ccc3OC(=O)c3cccc(C)c3)cc2)cc1. The lowest BCUT2D eigenvalue weighted by Crippen LogP contribution is -2.18. The van der Waals surface area contributed by atoms with Gasteiger partial charge in [0, 0.05) is 21.3 Å². The predicted octanol–water partition coefficient (Wildman–Crippen LogP) is 5.85. The first-order chi connectivity index (χ1) is 18.6. The highest BCUT2D eigenvalue weighted by molar-refractivity contribution is 9.10. The summed E-state index contributed by atoms with van der Waals surface area (Å²) in [5, 5.41) is 3.99. The fourth-order valence-electron chi connectivity index (χ4n) is 3.49. The standard InChI is InChI=1S/C29H24BrN3O5S/c1-19-6-13-26(14-7-19)39(36,37)33-25-11-8-21(9-12-25)28(34)32-31-18-23-17-24(30)10-15-27(23)38-29(35)22-5-3-4-20(2)16-22/h3-18,33H,1-2H3,(H,32,34)/b31-18+. The van der Waals surface area contributed by atoms with E-state index in [1.165, 1.54) is 42.6 Å². The van der Waals surface area contributed by atoms with Gasteiger partial charge in [-0.05, 0) is 80.6 Å². The van der Waals surface area contributed by atoms with E-state index >= 15 is 0 Å². The summed E-state index contributed by atoms with van der Waals surface area (Å²) in [6.07, 6.45) is 1.37. The lowest BCUT2D eigenvalue weighted by Gasteiger charge is -2.09. The Morgan fingerprint density at radius 3 is 2.26 bits per heavy atom. The number of carbonyl (C=O) groups excluding carboxylic acids is 2. The van der Waals surface area contributed by atoms with E-state index in [1.807, 2.05) is 19.9 Å². The average Bonchev–Trinajstić information content (AvgIpc) is 2.90. The molecule has 0 bridgehead atoms. The summed E-state index contributed by atoms with van der Waals surface area (Å²) in [5.41, 5.74) is 5.76. The number of hydrogen-bond acceptors (Lipinski definition) is 6. The van der Waals surface area contributed by atoms with Crippen LogP contribution in [0.2, 0.25) is 0 Å². The molecule has 0 aliphatic carbocycles. The maximum Gasteiger partial charge on any atom is 0.343 e. The third-order valence-electron chi connectivity index (χ3n) is 5.53. The number of anilines is 1. The Morgan fingerprint density at radius 1 is 0.846 bits per heavy atom. The molecule has 0 radical (unpaired) electrons. The van der Waals surface area contributed by atoms with Crippen molar-refractivity contribution in [1.82, 2.24) is 5.43 Å². The quantitative estimate of drug-likeness (QED) is 0.113. The minimum atomic E-state index is -3.76. The van der Waals surface area contributed by atoms with E-state index in [9.17, 15) is 18.0 Å². The summed E-state index contributed by atoms with van der Waals surface area (Å²) >= 11 is 3.38. The first kappa shape index (κ1) is 27.7. The van der Waals surface area contributed by atoms with Gasteiger partial charge in [-0.15, -0.1) is 0 Å². The Labute approximate surface area is 234 Å². The van der Waals surface area contributed by atoms with Crippen LogP contribution in [0.5, 0.6) is 5.75 Å². The van der Waals surface area contributed by atoms with Gasteiger partial charge in [-0.25, -0.2) is 18.6 Å². The summed E-state index contributed by atoms with van der Waals surface area (Å²) < 4.78 is 33.9. The van der Waals surface area contributed by atoms with Crippen LogP contribution in [0.15, 0.2) is 105 Å². The van der Waals surface area contributed by atoms with Crippen molar-refractivity contribution in [2.75, 3.05) is 4.72 Å². The van der Waals surface area contributed by atoms with Crippen LogP contribution < -0.4 is 14.9 Å². The number of rotatable bonds is 8. The monoisotopic (exact) mass is 605 g/mol. The Morgan fingerprint density at radius 2 is 1.56 bits per heavy atom. The van der Waals surface area contributed by atoms with Crippen LogP contribution in [-0.4, -0.2) is 26.5 Å². The van der Waals surface area contributed by atoms with Crippen molar-refractivity contribution < 1.29 is 22.7 Å². The fraction of sp³-hybridized carbons (Fsp3) is 0.0690. The predicted molar refractivity (Wildman–Crippen MR) is 154 cm³/mol. The van der Waals surface area contributed by atoms with Crippen LogP contribution in [0.25, 0.3) is 0 Å². The second kappa shape index (κ2) is 12.1. The zero-order chi connectivity index (χ0) is 28.0. The van der Waals surface area contributed by atoms with Gasteiger partial charge in [-0.1, -0.05) is 51.3 Å². The Balaban J connectivity index is 1.41. The molecular formula is C29H24BrN3O5S. The van der Waals surface area contributed by atoms with Crippen molar-refractivity contribution in [2.24, 2.45) is 5.10 Å². The molecular weight excluding hydrogens is 582 g/mol. The summed E-state index contributed by atoms with van der Waals surface area (Å²) in [6, 6.07) is 24.5. The molecule has 39 heavy (non-hydrogen) atoms. The summed E-state index contributed by atoms with van der Waals surface area (Å²) in [7, 11) is -3.76. The van der Waals surface area contributed by atoms with E-state index in [0.717, 1.165) is 15.6 Å². The van der Waals surface area contributed by atoms with Crippen LogP contribution in [0.4, 0.5) is 5.69 Å². The van der Waals surface area contributed by atoms with Gasteiger partial charge in [-0.3, -0.25) is 9.52 Å². The number of carbonyl (C=O) groups is 2.